The molecular formula is C20H18ClFN4O. The highest BCUT2D eigenvalue weighted by atomic mass is 35.5. The Labute approximate surface area is 161 Å². The van der Waals surface area contributed by atoms with Gasteiger partial charge in [0.25, 0.3) is 5.91 Å². The maximum absolute atomic E-state index is 13.2. The summed E-state index contributed by atoms with van der Waals surface area (Å²) in [4.78, 5) is 14.9. The van der Waals surface area contributed by atoms with Crippen molar-refractivity contribution < 1.29 is 9.18 Å². The normalized spacial score (nSPS) is 16.7. The third-order valence-corrected chi connectivity index (χ3v) is 5.15. The molecule has 2 aromatic carbocycles. The van der Waals surface area contributed by atoms with Crippen LogP contribution in [0.5, 0.6) is 0 Å². The number of benzene rings is 2. The van der Waals surface area contributed by atoms with Crippen LogP contribution in [-0.4, -0.2) is 32.3 Å². The quantitative estimate of drug-likeness (QED) is 0.674. The fourth-order valence-corrected chi connectivity index (χ4v) is 3.74. The summed E-state index contributed by atoms with van der Waals surface area (Å²) >= 11 is 6.05. The second-order valence-electron chi connectivity index (χ2n) is 6.62. The first-order valence-electron chi connectivity index (χ1n) is 8.79. The highest BCUT2D eigenvalue weighted by Crippen LogP contribution is 2.33. The van der Waals surface area contributed by atoms with E-state index in [-0.39, 0.29) is 17.8 Å². The first kappa shape index (κ1) is 17.7. The van der Waals surface area contributed by atoms with Gasteiger partial charge in [-0.1, -0.05) is 35.0 Å². The average molecular weight is 385 g/mol. The molecule has 5 nitrogen and oxygen atoms in total. The zero-order chi connectivity index (χ0) is 19.0. The molecule has 0 bridgehead atoms. The van der Waals surface area contributed by atoms with Gasteiger partial charge >= 0.3 is 0 Å². The second kappa shape index (κ2) is 7.12. The predicted molar refractivity (Wildman–Crippen MR) is 101 cm³/mol. The number of halogens is 2. The molecule has 0 N–H and O–H groups in total. The molecule has 138 valence electrons. The lowest BCUT2D eigenvalue weighted by atomic mass is 10.0. The Bertz CT molecular complexity index is 986. The number of rotatable bonds is 3. The number of amides is 1. The number of nitrogens with zero attached hydrogens (tertiary/aromatic N) is 4. The molecule has 1 aliphatic heterocycles. The van der Waals surface area contributed by atoms with Gasteiger partial charge in [-0.05, 0) is 55.7 Å². The molecule has 1 amide bonds. The summed E-state index contributed by atoms with van der Waals surface area (Å²) in [5, 5.41) is 8.86. The summed E-state index contributed by atoms with van der Waals surface area (Å²) < 4.78 is 14.8. The maximum atomic E-state index is 13.2. The van der Waals surface area contributed by atoms with Crippen LogP contribution >= 0.6 is 11.6 Å². The second-order valence-corrected chi connectivity index (χ2v) is 7.06. The predicted octanol–water partition coefficient (Wildman–Crippen LogP) is 4.35. The van der Waals surface area contributed by atoms with E-state index in [9.17, 15) is 9.18 Å². The smallest absolute Gasteiger partial charge is 0.276 e. The number of likely N-dealkylation sites (tertiary alicyclic amines) is 1. The Morgan fingerprint density at radius 3 is 2.74 bits per heavy atom. The van der Waals surface area contributed by atoms with Crippen LogP contribution in [0.15, 0.2) is 48.5 Å². The van der Waals surface area contributed by atoms with E-state index >= 15 is 0 Å². The van der Waals surface area contributed by atoms with Gasteiger partial charge in [-0.3, -0.25) is 4.79 Å². The molecule has 0 saturated carbocycles. The van der Waals surface area contributed by atoms with Crippen molar-refractivity contribution in [2.24, 2.45) is 0 Å². The number of carbonyl (C=O) groups is 1. The molecule has 1 unspecified atom stereocenters. The van der Waals surface area contributed by atoms with E-state index in [0.717, 1.165) is 24.1 Å². The molecule has 4 rings (SSSR count). The number of hydrogen-bond acceptors (Lipinski definition) is 3. The van der Waals surface area contributed by atoms with Gasteiger partial charge < -0.3 is 4.90 Å². The Morgan fingerprint density at radius 1 is 1.22 bits per heavy atom. The van der Waals surface area contributed by atoms with Gasteiger partial charge in [0.1, 0.15) is 5.82 Å². The van der Waals surface area contributed by atoms with Gasteiger partial charge in [0.15, 0.2) is 5.69 Å². The van der Waals surface area contributed by atoms with E-state index in [2.05, 4.69) is 10.3 Å². The number of hydrogen-bond donors (Lipinski definition) is 0. The molecule has 3 aromatic rings. The Morgan fingerprint density at radius 2 is 2.00 bits per heavy atom. The van der Waals surface area contributed by atoms with Crippen LogP contribution < -0.4 is 0 Å². The fraction of sp³-hybridized carbons (Fsp3) is 0.250. The first-order chi connectivity index (χ1) is 13.0. The van der Waals surface area contributed by atoms with Crippen LogP contribution in [0.25, 0.3) is 5.69 Å². The largest absolute Gasteiger partial charge is 0.330 e. The summed E-state index contributed by atoms with van der Waals surface area (Å²) in [5.74, 6) is -0.442. The summed E-state index contributed by atoms with van der Waals surface area (Å²) in [6, 6.07) is 13.5. The van der Waals surface area contributed by atoms with Crippen LogP contribution in [0.3, 0.4) is 0 Å². The summed E-state index contributed by atoms with van der Waals surface area (Å²) in [7, 11) is 0. The summed E-state index contributed by atoms with van der Waals surface area (Å²) in [6.07, 6.45) is 1.74. The van der Waals surface area contributed by atoms with Crippen LogP contribution in [0, 0.1) is 12.7 Å². The van der Waals surface area contributed by atoms with E-state index in [1.807, 2.05) is 19.1 Å². The molecule has 0 spiro atoms. The van der Waals surface area contributed by atoms with Gasteiger partial charge in [0.05, 0.1) is 17.4 Å². The van der Waals surface area contributed by atoms with Gasteiger partial charge in [-0.25, -0.2) is 9.07 Å². The molecule has 27 heavy (non-hydrogen) atoms. The molecule has 1 saturated heterocycles. The lowest BCUT2D eigenvalue weighted by molar-refractivity contribution is 0.0729. The average Bonchev–Trinajstić information content (AvgIpc) is 3.29. The molecule has 1 atom stereocenters. The summed E-state index contributed by atoms with van der Waals surface area (Å²) in [6.45, 7) is 2.46. The van der Waals surface area contributed by atoms with Gasteiger partial charge in [0, 0.05) is 11.6 Å². The van der Waals surface area contributed by atoms with Crippen molar-refractivity contribution in [1.82, 2.24) is 19.9 Å². The van der Waals surface area contributed by atoms with Crippen molar-refractivity contribution in [3.63, 3.8) is 0 Å². The zero-order valence-corrected chi connectivity index (χ0v) is 15.5. The van der Waals surface area contributed by atoms with Crippen LogP contribution in [0.4, 0.5) is 4.39 Å². The molecule has 0 aliphatic carbocycles. The SMILES string of the molecule is Cc1c(C(=O)N2CCCC2c2ccc(F)cc2)nnn1-c1cccc(Cl)c1. The van der Waals surface area contributed by atoms with Crippen molar-refractivity contribution in [3.8, 4) is 5.69 Å². The molecule has 1 fully saturated rings. The van der Waals surface area contributed by atoms with E-state index < -0.39 is 0 Å². The minimum Gasteiger partial charge on any atom is -0.330 e. The Hall–Kier alpha value is -2.73. The third kappa shape index (κ3) is 3.32. The maximum Gasteiger partial charge on any atom is 0.276 e. The molecular weight excluding hydrogens is 367 g/mol. The number of carbonyl (C=O) groups excluding carboxylic acids is 1. The third-order valence-electron chi connectivity index (χ3n) is 4.92. The molecule has 1 aromatic heterocycles. The Kier molecular flexibility index (Phi) is 4.66. The van der Waals surface area contributed by atoms with E-state index in [1.165, 1.54) is 12.1 Å². The lowest BCUT2D eigenvalue weighted by Crippen LogP contribution is -2.31. The van der Waals surface area contributed by atoms with Gasteiger partial charge in [0.2, 0.25) is 0 Å². The molecule has 7 heteroatoms. The summed E-state index contributed by atoms with van der Waals surface area (Å²) in [5.41, 5.74) is 2.67. The van der Waals surface area contributed by atoms with E-state index in [1.54, 1.807) is 33.8 Å². The van der Waals surface area contributed by atoms with Crippen LogP contribution in [0.1, 0.15) is 40.6 Å². The van der Waals surface area contributed by atoms with Crippen molar-refractivity contribution in [2.75, 3.05) is 6.54 Å². The zero-order valence-electron chi connectivity index (χ0n) is 14.8. The van der Waals surface area contributed by atoms with Crippen molar-refractivity contribution >= 4 is 17.5 Å². The highest BCUT2D eigenvalue weighted by molar-refractivity contribution is 6.30. The minimum atomic E-state index is -0.282. The molecule has 0 radical (unpaired) electrons. The van der Waals surface area contributed by atoms with Gasteiger partial charge in [-0.15, -0.1) is 5.10 Å². The standard InChI is InChI=1S/C20H18ClFN4O/c1-13-19(23-24-26(13)17-5-2-4-15(21)12-17)20(27)25-11-3-6-18(25)14-7-9-16(22)10-8-14/h2,4-5,7-10,12,18H,3,6,11H2,1H3. The lowest BCUT2D eigenvalue weighted by Gasteiger charge is -2.24. The van der Waals surface area contributed by atoms with Crippen molar-refractivity contribution in [3.05, 3.63) is 76.3 Å². The first-order valence-corrected chi connectivity index (χ1v) is 9.17. The van der Waals surface area contributed by atoms with E-state index in [4.69, 9.17) is 11.6 Å². The van der Waals surface area contributed by atoms with E-state index in [0.29, 0.717) is 23.0 Å². The van der Waals surface area contributed by atoms with Crippen LogP contribution in [0.2, 0.25) is 5.02 Å². The fourth-order valence-electron chi connectivity index (χ4n) is 3.56. The van der Waals surface area contributed by atoms with Crippen molar-refractivity contribution in [2.45, 2.75) is 25.8 Å². The van der Waals surface area contributed by atoms with Crippen LogP contribution in [-0.2, 0) is 0 Å². The van der Waals surface area contributed by atoms with Gasteiger partial charge in [-0.2, -0.15) is 0 Å². The molecule has 2 heterocycles. The topological polar surface area (TPSA) is 51.0 Å². The monoisotopic (exact) mass is 384 g/mol. The highest BCUT2D eigenvalue weighted by Gasteiger charge is 2.33. The minimum absolute atomic E-state index is 0.0752. The number of aromatic nitrogens is 3. The van der Waals surface area contributed by atoms with Crippen molar-refractivity contribution in [1.29, 1.82) is 0 Å². The molecule has 1 aliphatic rings. The Balaban J connectivity index is 1.64.